The van der Waals surface area contributed by atoms with Crippen LogP contribution in [0.1, 0.15) is 0 Å². The van der Waals surface area contributed by atoms with Gasteiger partial charge in [-0.1, -0.05) is 170 Å². The van der Waals surface area contributed by atoms with Gasteiger partial charge in [-0.3, -0.25) is 0 Å². The second-order valence-electron chi connectivity index (χ2n) is 13.7. The van der Waals surface area contributed by atoms with Crippen molar-refractivity contribution < 1.29 is 0 Å². The second kappa shape index (κ2) is 13.0. The number of nitrogens with zero attached hydrogens (tertiary/aromatic N) is 1. The number of hydrogen-bond donors (Lipinski definition) is 0. The summed E-state index contributed by atoms with van der Waals surface area (Å²) >= 11 is 0. The molecule has 0 aliphatic rings. The normalized spacial score (nSPS) is 11.4. The largest absolute Gasteiger partial charge is 0.310 e. The van der Waals surface area contributed by atoms with Crippen molar-refractivity contribution in [3.05, 3.63) is 212 Å². The molecule has 0 heterocycles. The Morgan fingerprint density at radius 1 is 0.245 bits per heavy atom. The Hall–Kier alpha value is -6.96. The molecule has 0 aromatic heterocycles. The molecule has 1 nitrogen and oxygen atoms in total. The maximum Gasteiger partial charge on any atom is 0.0540 e. The summed E-state index contributed by atoms with van der Waals surface area (Å²) < 4.78 is 0. The van der Waals surface area contributed by atoms with Crippen molar-refractivity contribution in [1.29, 1.82) is 0 Å². The fourth-order valence-electron chi connectivity index (χ4n) is 8.04. The molecule has 1 heteroatoms. The molecule has 10 aromatic carbocycles. The lowest BCUT2D eigenvalue weighted by atomic mass is 9.93. The van der Waals surface area contributed by atoms with Crippen LogP contribution in [0.5, 0.6) is 0 Å². The fraction of sp³-hybridized carbons (Fsp3) is 0. The summed E-state index contributed by atoms with van der Waals surface area (Å²) in [4.78, 5) is 2.41. The highest BCUT2D eigenvalue weighted by Crippen LogP contribution is 2.44. The molecule has 0 aliphatic heterocycles. The van der Waals surface area contributed by atoms with Crippen LogP contribution in [0.25, 0.3) is 76.5 Å². The number of fused-ring (bicyclic) bond motifs is 5. The van der Waals surface area contributed by atoms with Crippen molar-refractivity contribution in [2.24, 2.45) is 0 Å². The summed E-state index contributed by atoms with van der Waals surface area (Å²) in [5, 5.41) is 10.1. The molecule has 0 unspecified atom stereocenters. The van der Waals surface area contributed by atoms with E-state index in [9.17, 15) is 0 Å². The first-order valence-electron chi connectivity index (χ1n) is 18.3. The average molecular weight is 674 g/mol. The van der Waals surface area contributed by atoms with Crippen LogP contribution >= 0.6 is 0 Å². The Kier molecular flexibility index (Phi) is 7.55. The number of rotatable bonds is 6. The molecule has 0 spiro atoms. The molecule has 0 amide bonds. The molecular formula is C52H35N. The number of anilines is 3. The zero-order chi connectivity index (χ0) is 35.1. The van der Waals surface area contributed by atoms with Gasteiger partial charge in [0.25, 0.3) is 0 Å². The highest BCUT2D eigenvalue weighted by atomic mass is 15.1. The van der Waals surface area contributed by atoms with Gasteiger partial charge in [0.15, 0.2) is 0 Å². The molecule has 0 radical (unpaired) electrons. The van der Waals surface area contributed by atoms with Crippen molar-refractivity contribution in [1.82, 2.24) is 0 Å². The third-order valence-electron chi connectivity index (χ3n) is 10.6. The van der Waals surface area contributed by atoms with Crippen molar-refractivity contribution in [3.8, 4) is 33.4 Å². The Morgan fingerprint density at radius 3 is 1.55 bits per heavy atom. The second-order valence-corrected chi connectivity index (χ2v) is 13.7. The molecule has 53 heavy (non-hydrogen) atoms. The maximum absolute atomic E-state index is 2.41. The van der Waals surface area contributed by atoms with Gasteiger partial charge in [-0.25, -0.2) is 0 Å². The lowest BCUT2D eigenvalue weighted by molar-refractivity contribution is 1.28. The summed E-state index contributed by atoms with van der Waals surface area (Å²) in [6.07, 6.45) is 0. The molecule has 0 fully saturated rings. The van der Waals surface area contributed by atoms with Gasteiger partial charge in [-0.2, -0.15) is 0 Å². The predicted molar refractivity (Wildman–Crippen MR) is 227 cm³/mol. The highest BCUT2D eigenvalue weighted by molar-refractivity contribution is 6.14. The molecule has 248 valence electrons. The summed E-state index contributed by atoms with van der Waals surface area (Å²) in [6, 6.07) is 77.3. The Morgan fingerprint density at radius 2 is 0.774 bits per heavy atom. The van der Waals surface area contributed by atoms with Crippen LogP contribution in [0.4, 0.5) is 17.1 Å². The number of benzene rings is 10. The molecule has 10 aromatic rings. The molecule has 10 rings (SSSR count). The van der Waals surface area contributed by atoms with Crippen LogP contribution in [0.15, 0.2) is 212 Å². The van der Waals surface area contributed by atoms with Crippen molar-refractivity contribution >= 4 is 60.2 Å². The van der Waals surface area contributed by atoms with E-state index in [0.717, 1.165) is 17.1 Å². The number of para-hydroxylation sites is 1. The first-order valence-corrected chi connectivity index (χ1v) is 18.3. The van der Waals surface area contributed by atoms with E-state index in [4.69, 9.17) is 0 Å². The van der Waals surface area contributed by atoms with Crippen LogP contribution in [0, 0.1) is 0 Å². The van der Waals surface area contributed by atoms with E-state index in [2.05, 4.69) is 217 Å². The van der Waals surface area contributed by atoms with Gasteiger partial charge in [0.1, 0.15) is 0 Å². The van der Waals surface area contributed by atoms with Crippen molar-refractivity contribution in [2.75, 3.05) is 4.90 Å². The third-order valence-corrected chi connectivity index (χ3v) is 10.6. The van der Waals surface area contributed by atoms with Gasteiger partial charge in [0, 0.05) is 16.9 Å². The molecule has 0 N–H and O–H groups in total. The SMILES string of the molecule is c1ccc(N(c2ccc(-c3ccc4ccccc4c3)cc2)c2ccc(-c3cc4ccccc4c4ccccc34)cc2)c(-c2cccc3ccccc23)c1. The minimum absolute atomic E-state index is 1.10. The summed E-state index contributed by atoms with van der Waals surface area (Å²) in [7, 11) is 0. The van der Waals surface area contributed by atoms with E-state index in [0.29, 0.717) is 0 Å². The van der Waals surface area contributed by atoms with E-state index >= 15 is 0 Å². The lowest BCUT2D eigenvalue weighted by Crippen LogP contribution is -2.11. The summed E-state index contributed by atoms with van der Waals surface area (Å²) in [5.41, 5.74) is 10.6. The van der Waals surface area contributed by atoms with Crippen LogP contribution in [-0.2, 0) is 0 Å². The smallest absolute Gasteiger partial charge is 0.0540 e. The van der Waals surface area contributed by atoms with E-state index in [1.165, 1.54) is 76.5 Å². The van der Waals surface area contributed by atoms with E-state index in [1.807, 2.05) is 0 Å². The zero-order valence-electron chi connectivity index (χ0n) is 29.2. The lowest BCUT2D eigenvalue weighted by Gasteiger charge is -2.28. The van der Waals surface area contributed by atoms with Crippen LogP contribution < -0.4 is 4.90 Å². The molecule has 0 saturated heterocycles. The standard InChI is InChI=1S/C52H35N/c1-2-14-40-34-41(25-24-36(40)12-1)37-26-30-43(31-27-37)53(52-23-10-9-21-50(52)48-22-11-16-38-13-3-5-17-45(38)48)44-32-28-39(29-33-44)51-35-42-15-4-6-18-46(42)47-19-7-8-20-49(47)51/h1-35H. The first kappa shape index (κ1) is 30.8. The monoisotopic (exact) mass is 673 g/mol. The summed E-state index contributed by atoms with van der Waals surface area (Å²) in [5.74, 6) is 0. The van der Waals surface area contributed by atoms with Crippen LogP contribution in [0.2, 0.25) is 0 Å². The van der Waals surface area contributed by atoms with Crippen molar-refractivity contribution in [3.63, 3.8) is 0 Å². The molecule has 0 atom stereocenters. The molecule has 0 aliphatic carbocycles. The zero-order valence-corrected chi connectivity index (χ0v) is 29.2. The highest BCUT2D eigenvalue weighted by Gasteiger charge is 2.19. The van der Waals surface area contributed by atoms with Crippen LogP contribution in [-0.4, -0.2) is 0 Å². The van der Waals surface area contributed by atoms with E-state index in [1.54, 1.807) is 0 Å². The minimum atomic E-state index is 1.10. The summed E-state index contributed by atoms with van der Waals surface area (Å²) in [6.45, 7) is 0. The van der Waals surface area contributed by atoms with Gasteiger partial charge in [-0.15, -0.1) is 0 Å². The van der Waals surface area contributed by atoms with Crippen LogP contribution in [0.3, 0.4) is 0 Å². The maximum atomic E-state index is 2.41. The third kappa shape index (κ3) is 5.51. The Labute approximate surface area is 309 Å². The molecule has 0 bridgehead atoms. The van der Waals surface area contributed by atoms with Gasteiger partial charge in [0.2, 0.25) is 0 Å². The van der Waals surface area contributed by atoms with E-state index < -0.39 is 0 Å². The Balaban J connectivity index is 1.12. The predicted octanol–water partition coefficient (Wildman–Crippen LogP) is 14.8. The van der Waals surface area contributed by atoms with E-state index in [-0.39, 0.29) is 0 Å². The van der Waals surface area contributed by atoms with Crippen molar-refractivity contribution in [2.45, 2.75) is 0 Å². The molecular weight excluding hydrogens is 639 g/mol. The fourth-order valence-corrected chi connectivity index (χ4v) is 8.04. The van der Waals surface area contributed by atoms with Gasteiger partial charge in [-0.05, 0) is 113 Å². The van der Waals surface area contributed by atoms with Gasteiger partial charge >= 0.3 is 0 Å². The quantitative estimate of drug-likeness (QED) is 0.159. The minimum Gasteiger partial charge on any atom is -0.310 e. The molecule has 0 saturated carbocycles. The number of hydrogen-bond acceptors (Lipinski definition) is 1. The van der Waals surface area contributed by atoms with Gasteiger partial charge in [0.05, 0.1) is 5.69 Å². The Bertz CT molecular complexity index is 2930. The average Bonchev–Trinajstić information content (AvgIpc) is 3.24. The van der Waals surface area contributed by atoms with Gasteiger partial charge < -0.3 is 4.90 Å². The topological polar surface area (TPSA) is 3.24 Å². The first-order chi connectivity index (χ1) is 26.3.